The molecule has 0 amide bonds. The molecule has 0 saturated heterocycles. The number of anilines is 2. The van der Waals surface area contributed by atoms with Crippen LogP contribution in [0, 0.1) is 0 Å². The number of hydrogen-bond donors (Lipinski definition) is 5. The van der Waals surface area contributed by atoms with Gasteiger partial charge >= 0.3 is 0 Å². The zero-order valence-corrected chi connectivity index (χ0v) is 15.4. The smallest absolute Gasteiger partial charge is 0.294 e. The Hall–Kier alpha value is -2.77. The third-order valence-electron chi connectivity index (χ3n) is 4.45. The van der Waals surface area contributed by atoms with Gasteiger partial charge in [-0.3, -0.25) is 13.9 Å². The Balaban J connectivity index is 1.77. The summed E-state index contributed by atoms with van der Waals surface area (Å²) in [5, 5.41) is 16.1. The highest BCUT2D eigenvalue weighted by molar-refractivity contribution is 7.86. The van der Waals surface area contributed by atoms with Gasteiger partial charge in [0.1, 0.15) is 11.8 Å². The maximum Gasteiger partial charge on any atom is 0.294 e. The van der Waals surface area contributed by atoms with Gasteiger partial charge in [-0.05, 0) is 36.4 Å². The number of aliphatic hydroxyl groups is 1. The standard InChI is InChI=1S/C16H12N2O8S2/c19-15-9-5-7(27(21,22)23)1-3-11(9)17-13(15)14-16(20)10-6-8(28(24,25)26)2-4-12(10)18-14/h1-6,15,17-19H,(H,21,22,23)(H,24,25,26)/b14-13-. The van der Waals surface area contributed by atoms with E-state index < -0.39 is 41.9 Å². The summed E-state index contributed by atoms with van der Waals surface area (Å²) in [6.45, 7) is 0. The van der Waals surface area contributed by atoms with Crippen LogP contribution in [0.4, 0.5) is 11.4 Å². The van der Waals surface area contributed by atoms with E-state index in [1.54, 1.807) is 0 Å². The Morgan fingerprint density at radius 1 is 0.821 bits per heavy atom. The maximum atomic E-state index is 12.7. The van der Waals surface area contributed by atoms with Crippen molar-refractivity contribution in [3.8, 4) is 0 Å². The van der Waals surface area contributed by atoms with Crippen molar-refractivity contribution in [1.82, 2.24) is 0 Å². The van der Waals surface area contributed by atoms with Crippen LogP contribution in [0.1, 0.15) is 22.0 Å². The van der Waals surface area contributed by atoms with Crippen LogP contribution in [0.2, 0.25) is 0 Å². The average Bonchev–Trinajstić information content (AvgIpc) is 3.10. The number of carbonyl (C=O) groups excluding carboxylic acids is 1. The second kappa shape index (κ2) is 5.86. The zero-order valence-electron chi connectivity index (χ0n) is 13.7. The quantitative estimate of drug-likeness (QED) is 0.348. The predicted octanol–water partition coefficient (Wildman–Crippen LogP) is 1.16. The van der Waals surface area contributed by atoms with Crippen molar-refractivity contribution in [2.24, 2.45) is 0 Å². The Kier molecular flexibility index (Phi) is 3.89. The summed E-state index contributed by atoms with van der Waals surface area (Å²) < 4.78 is 63.5. The summed E-state index contributed by atoms with van der Waals surface area (Å²) in [6, 6.07) is 6.98. The molecular formula is C16H12N2O8S2. The van der Waals surface area contributed by atoms with Gasteiger partial charge in [0.05, 0.1) is 21.2 Å². The van der Waals surface area contributed by atoms with Crippen molar-refractivity contribution in [2.75, 3.05) is 10.6 Å². The van der Waals surface area contributed by atoms with E-state index in [1.807, 2.05) is 0 Å². The van der Waals surface area contributed by atoms with Crippen LogP contribution in [0.3, 0.4) is 0 Å². The van der Waals surface area contributed by atoms with Crippen LogP contribution < -0.4 is 10.6 Å². The number of benzene rings is 2. The number of hydrogen-bond acceptors (Lipinski definition) is 8. The molecular weight excluding hydrogens is 412 g/mol. The fourth-order valence-electron chi connectivity index (χ4n) is 3.11. The lowest BCUT2D eigenvalue weighted by molar-refractivity contribution is 0.103. The monoisotopic (exact) mass is 424 g/mol. The molecule has 146 valence electrons. The molecule has 1 atom stereocenters. The molecule has 2 aromatic rings. The molecule has 0 aromatic heterocycles. The number of aliphatic hydroxyl groups excluding tert-OH is 1. The van der Waals surface area contributed by atoms with E-state index in [-0.39, 0.29) is 28.2 Å². The topological polar surface area (TPSA) is 170 Å². The lowest BCUT2D eigenvalue weighted by Gasteiger charge is -2.09. The Labute approximate surface area is 159 Å². The molecule has 10 nitrogen and oxygen atoms in total. The fourth-order valence-corrected chi connectivity index (χ4v) is 4.13. The Morgan fingerprint density at radius 3 is 2.00 bits per heavy atom. The summed E-state index contributed by atoms with van der Waals surface area (Å²) in [6.07, 6.45) is -1.39. The normalized spacial score (nSPS) is 21.1. The number of carbonyl (C=O) groups is 1. The van der Waals surface area contributed by atoms with Crippen LogP contribution in [0.5, 0.6) is 0 Å². The van der Waals surface area contributed by atoms with E-state index in [4.69, 9.17) is 9.11 Å². The molecule has 0 bridgehead atoms. The lowest BCUT2D eigenvalue weighted by atomic mass is 10.1. The van der Waals surface area contributed by atoms with Gasteiger partial charge in [0.15, 0.2) is 0 Å². The molecule has 0 fully saturated rings. The second-order valence-corrected chi connectivity index (χ2v) is 9.02. The van der Waals surface area contributed by atoms with Gasteiger partial charge in [0.25, 0.3) is 20.2 Å². The summed E-state index contributed by atoms with van der Waals surface area (Å²) in [4.78, 5) is 11.8. The minimum absolute atomic E-state index is 0.0128. The van der Waals surface area contributed by atoms with E-state index in [2.05, 4.69) is 10.6 Å². The van der Waals surface area contributed by atoms with Crippen molar-refractivity contribution in [3.63, 3.8) is 0 Å². The number of rotatable bonds is 2. The third kappa shape index (κ3) is 2.87. The van der Waals surface area contributed by atoms with Gasteiger partial charge in [-0.2, -0.15) is 16.8 Å². The first-order valence-corrected chi connectivity index (χ1v) is 10.6. The third-order valence-corrected chi connectivity index (χ3v) is 6.15. The minimum Gasteiger partial charge on any atom is -0.382 e. The number of Topliss-reactive ketones (excluding diaryl/α,β-unsaturated/α-hetero) is 1. The second-order valence-electron chi connectivity index (χ2n) is 6.18. The van der Waals surface area contributed by atoms with Crippen molar-refractivity contribution in [2.45, 2.75) is 15.9 Å². The van der Waals surface area contributed by atoms with Crippen LogP contribution >= 0.6 is 0 Å². The van der Waals surface area contributed by atoms with Crippen molar-refractivity contribution >= 4 is 37.4 Å². The first-order valence-electron chi connectivity index (χ1n) is 7.71. The molecule has 5 N–H and O–H groups in total. The Bertz CT molecular complexity index is 1300. The molecule has 0 aliphatic carbocycles. The lowest BCUT2D eigenvalue weighted by Crippen LogP contribution is -2.12. The number of nitrogens with one attached hydrogen (secondary N) is 2. The summed E-state index contributed by atoms with van der Waals surface area (Å²) in [5.41, 5.74) is 0.731. The maximum absolute atomic E-state index is 12.7. The van der Waals surface area contributed by atoms with Crippen LogP contribution in [-0.2, 0) is 20.2 Å². The SMILES string of the molecule is O=C1/C(=C2/Nc3ccc(S(=O)(=O)O)cc3C2O)Nc2ccc(S(=O)(=O)O)cc21. The van der Waals surface area contributed by atoms with Gasteiger partial charge in [-0.15, -0.1) is 0 Å². The van der Waals surface area contributed by atoms with E-state index in [0.717, 1.165) is 24.3 Å². The number of ketones is 1. The first-order chi connectivity index (χ1) is 13.0. The molecule has 12 heteroatoms. The highest BCUT2D eigenvalue weighted by Gasteiger charge is 2.36. The largest absolute Gasteiger partial charge is 0.382 e. The van der Waals surface area contributed by atoms with Crippen molar-refractivity contribution < 1.29 is 35.8 Å². The molecule has 0 saturated carbocycles. The average molecular weight is 424 g/mol. The molecule has 0 spiro atoms. The van der Waals surface area contributed by atoms with Crippen molar-refractivity contribution in [3.05, 3.63) is 58.9 Å². The van der Waals surface area contributed by atoms with E-state index in [1.165, 1.54) is 12.1 Å². The highest BCUT2D eigenvalue weighted by Crippen LogP contribution is 2.42. The van der Waals surface area contributed by atoms with Gasteiger partial charge in [0, 0.05) is 16.8 Å². The molecule has 2 aliphatic rings. The van der Waals surface area contributed by atoms with Gasteiger partial charge in [-0.1, -0.05) is 0 Å². The molecule has 0 radical (unpaired) electrons. The molecule has 1 unspecified atom stereocenters. The van der Waals surface area contributed by atoms with E-state index in [0.29, 0.717) is 5.69 Å². The fraction of sp³-hybridized carbons (Fsp3) is 0.0625. The zero-order chi connectivity index (χ0) is 20.4. The molecule has 2 aliphatic heterocycles. The van der Waals surface area contributed by atoms with E-state index in [9.17, 15) is 26.7 Å². The van der Waals surface area contributed by atoms with Crippen molar-refractivity contribution in [1.29, 1.82) is 0 Å². The predicted molar refractivity (Wildman–Crippen MR) is 96.1 cm³/mol. The summed E-state index contributed by atoms with van der Waals surface area (Å²) in [7, 11) is -8.97. The number of fused-ring (bicyclic) bond motifs is 2. The summed E-state index contributed by atoms with van der Waals surface area (Å²) in [5.74, 6) is -0.621. The summed E-state index contributed by atoms with van der Waals surface area (Å²) >= 11 is 0. The minimum atomic E-state index is -4.50. The van der Waals surface area contributed by atoms with Crippen LogP contribution in [0.25, 0.3) is 0 Å². The Morgan fingerprint density at radius 2 is 1.39 bits per heavy atom. The molecule has 2 heterocycles. The molecule has 2 aromatic carbocycles. The van der Waals surface area contributed by atoms with Gasteiger partial charge in [0.2, 0.25) is 5.78 Å². The van der Waals surface area contributed by atoms with Gasteiger partial charge in [-0.25, -0.2) is 0 Å². The van der Waals surface area contributed by atoms with E-state index >= 15 is 0 Å². The van der Waals surface area contributed by atoms with Crippen LogP contribution in [-0.4, -0.2) is 36.8 Å². The van der Waals surface area contributed by atoms with Crippen LogP contribution in [0.15, 0.2) is 57.6 Å². The molecule has 28 heavy (non-hydrogen) atoms. The highest BCUT2D eigenvalue weighted by atomic mass is 32.2. The molecule has 4 rings (SSSR count). The number of allylic oxidation sites excluding steroid dienone is 1. The van der Waals surface area contributed by atoms with Gasteiger partial charge < -0.3 is 15.7 Å². The first kappa shape index (κ1) is 18.6.